The Bertz CT molecular complexity index is 392. The van der Waals surface area contributed by atoms with Gasteiger partial charge in [-0.1, -0.05) is 0 Å². The van der Waals surface area contributed by atoms with Crippen LogP contribution in [0.4, 0.5) is 0 Å². The average Bonchev–Trinajstić information content (AvgIpc) is 2.76. The Labute approximate surface area is 92.9 Å². The van der Waals surface area contributed by atoms with E-state index in [9.17, 15) is 4.79 Å². The highest BCUT2D eigenvalue weighted by Gasteiger charge is 2.14. The van der Waals surface area contributed by atoms with E-state index in [1.54, 1.807) is 18.2 Å². The van der Waals surface area contributed by atoms with Crippen LogP contribution >= 0.6 is 0 Å². The third kappa shape index (κ3) is 2.32. The lowest BCUT2D eigenvalue weighted by Gasteiger charge is -2.05. The summed E-state index contributed by atoms with van der Waals surface area (Å²) in [5, 5.41) is 8.48. The van der Waals surface area contributed by atoms with Gasteiger partial charge in [0, 0.05) is 12.0 Å². The number of hydrogen-bond acceptors (Lipinski definition) is 4. The summed E-state index contributed by atoms with van der Waals surface area (Å²) in [4.78, 5) is 16.3. The Morgan fingerprint density at radius 2 is 2.44 bits per heavy atom. The number of carbonyl (C=O) groups excluding carboxylic acids is 1. The van der Waals surface area contributed by atoms with Gasteiger partial charge in [0.15, 0.2) is 0 Å². The quantitative estimate of drug-likeness (QED) is 0.568. The van der Waals surface area contributed by atoms with E-state index in [0.29, 0.717) is 12.2 Å². The Hall–Kier alpha value is -1.59. The molecule has 1 heterocycles. The fraction of sp³-hybridized carbons (Fsp3) is 0.364. The molecule has 0 unspecified atom stereocenters. The molecule has 86 valence electrons. The van der Waals surface area contributed by atoms with E-state index in [1.807, 2.05) is 0 Å². The lowest BCUT2D eigenvalue weighted by atomic mass is 10.1. The molecule has 2 rings (SSSR count). The molecule has 0 bridgehead atoms. The fourth-order valence-corrected chi connectivity index (χ4v) is 1.55. The van der Waals surface area contributed by atoms with Crippen molar-refractivity contribution in [2.24, 2.45) is 0 Å². The number of hydrogen-bond donors (Lipinski definition) is 2. The number of aliphatic hydroxyl groups is 1. The number of hydroxylamine groups is 1. The van der Waals surface area contributed by atoms with Gasteiger partial charge < -0.3 is 9.84 Å². The van der Waals surface area contributed by atoms with Gasteiger partial charge in [0.25, 0.3) is 5.91 Å². The first-order chi connectivity index (χ1) is 7.81. The van der Waals surface area contributed by atoms with Crippen molar-refractivity contribution in [3.8, 4) is 5.75 Å². The molecule has 0 aliphatic carbocycles. The predicted molar refractivity (Wildman–Crippen MR) is 56.1 cm³/mol. The fourth-order valence-electron chi connectivity index (χ4n) is 1.55. The summed E-state index contributed by atoms with van der Waals surface area (Å²) >= 11 is 0. The molecule has 1 amide bonds. The van der Waals surface area contributed by atoms with Crippen LogP contribution in [0.15, 0.2) is 18.2 Å². The molecule has 2 N–H and O–H groups in total. The van der Waals surface area contributed by atoms with E-state index in [0.717, 1.165) is 17.7 Å². The van der Waals surface area contributed by atoms with Crippen LogP contribution in [0, 0.1) is 0 Å². The maximum Gasteiger partial charge on any atom is 0.274 e. The van der Waals surface area contributed by atoms with Crippen molar-refractivity contribution in [2.75, 3.05) is 19.8 Å². The number of fused-ring (bicyclic) bond motifs is 1. The molecule has 0 saturated heterocycles. The van der Waals surface area contributed by atoms with Gasteiger partial charge in [-0.05, 0) is 23.8 Å². The largest absolute Gasteiger partial charge is 0.493 e. The molecule has 1 aliphatic heterocycles. The molecule has 1 aromatic carbocycles. The Kier molecular flexibility index (Phi) is 3.38. The molecular formula is C11H13NO4. The van der Waals surface area contributed by atoms with E-state index in [-0.39, 0.29) is 19.1 Å². The number of ether oxygens (including phenoxy) is 1. The molecule has 1 aromatic rings. The van der Waals surface area contributed by atoms with Crippen LogP contribution in [0.1, 0.15) is 15.9 Å². The van der Waals surface area contributed by atoms with Gasteiger partial charge >= 0.3 is 0 Å². The first-order valence-corrected chi connectivity index (χ1v) is 5.10. The first kappa shape index (κ1) is 10.9. The SMILES string of the molecule is O=C(NOCCO)c1ccc2c(c1)CCO2. The first-order valence-electron chi connectivity index (χ1n) is 5.10. The highest BCUT2D eigenvalue weighted by Crippen LogP contribution is 2.25. The molecular weight excluding hydrogens is 210 g/mol. The van der Waals surface area contributed by atoms with Crippen molar-refractivity contribution in [3.05, 3.63) is 29.3 Å². The van der Waals surface area contributed by atoms with Crippen LogP contribution in [-0.2, 0) is 11.3 Å². The van der Waals surface area contributed by atoms with Crippen LogP contribution in [0.25, 0.3) is 0 Å². The standard InChI is InChI=1S/C11H13NO4/c13-4-6-16-12-11(14)9-1-2-10-8(7-9)3-5-15-10/h1-2,7,13H,3-6H2,(H,12,14). The van der Waals surface area contributed by atoms with Crippen LogP contribution in [0.5, 0.6) is 5.75 Å². The third-order valence-electron chi connectivity index (χ3n) is 2.31. The maximum atomic E-state index is 11.6. The topological polar surface area (TPSA) is 67.8 Å². The van der Waals surface area contributed by atoms with E-state index < -0.39 is 0 Å². The molecule has 16 heavy (non-hydrogen) atoms. The Morgan fingerprint density at radius 3 is 3.25 bits per heavy atom. The second-order valence-corrected chi connectivity index (χ2v) is 3.42. The van der Waals surface area contributed by atoms with Crippen molar-refractivity contribution in [2.45, 2.75) is 6.42 Å². The summed E-state index contributed by atoms with van der Waals surface area (Å²) in [5.74, 6) is 0.524. The van der Waals surface area contributed by atoms with Gasteiger partial charge in [0.05, 0.1) is 19.8 Å². The molecule has 0 atom stereocenters. The van der Waals surface area contributed by atoms with E-state index in [4.69, 9.17) is 14.7 Å². The monoisotopic (exact) mass is 223 g/mol. The zero-order chi connectivity index (χ0) is 11.4. The number of carbonyl (C=O) groups is 1. The summed E-state index contributed by atoms with van der Waals surface area (Å²) in [7, 11) is 0. The van der Waals surface area contributed by atoms with Gasteiger partial charge in [-0.2, -0.15) is 0 Å². The predicted octanol–water partition coefficient (Wildman–Crippen LogP) is 0.275. The number of rotatable bonds is 4. The lowest BCUT2D eigenvalue weighted by Crippen LogP contribution is -2.25. The molecule has 0 fully saturated rings. The number of amides is 1. The Balaban J connectivity index is 2.01. The van der Waals surface area contributed by atoms with Crippen LogP contribution in [-0.4, -0.2) is 30.8 Å². The van der Waals surface area contributed by atoms with Crippen molar-refractivity contribution < 1.29 is 19.5 Å². The molecule has 5 nitrogen and oxygen atoms in total. The van der Waals surface area contributed by atoms with Crippen LogP contribution in [0.3, 0.4) is 0 Å². The second-order valence-electron chi connectivity index (χ2n) is 3.42. The van der Waals surface area contributed by atoms with Gasteiger partial charge in [0.2, 0.25) is 0 Å². The zero-order valence-electron chi connectivity index (χ0n) is 8.73. The second kappa shape index (κ2) is 4.96. The molecule has 1 aliphatic rings. The van der Waals surface area contributed by atoms with E-state index in [2.05, 4.69) is 5.48 Å². The molecule has 0 radical (unpaired) electrons. The molecule has 5 heteroatoms. The van der Waals surface area contributed by atoms with E-state index in [1.165, 1.54) is 0 Å². The molecule has 0 saturated carbocycles. The highest BCUT2D eigenvalue weighted by molar-refractivity contribution is 5.93. The summed E-state index contributed by atoms with van der Waals surface area (Å²) < 4.78 is 5.34. The summed E-state index contributed by atoms with van der Waals surface area (Å²) in [6.45, 7) is 0.625. The van der Waals surface area contributed by atoms with Gasteiger partial charge in [-0.25, -0.2) is 5.48 Å². The highest BCUT2D eigenvalue weighted by atomic mass is 16.7. The summed E-state index contributed by atoms with van der Waals surface area (Å²) in [6.07, 6.45) is 0.827. The van der Waals surface area contributed by atoms with Crippen LogP contribution in [0.2, 0.25) is 0 Å². The number of aliphatic hydroxyl groups excluding tert-OH is 1. The zero-order valence-corrected chi connectivity index (χ0v) is 8.73. The lowest BCUT2D eigenvalue weighted by molar-refractivity contribution is 0.0168. The normalized spacial score (nSPS) is 13.1. The smallest absolute Gasteiger partial charge is 0.274 e. The van der Waals surface area contributed by atoms with E-state index >= 15 is 0 Å². The van der Waals surface area contributed by atoms with Crippen molar-refractivity contribution in [3.63, 3.8) is 0 Å². The maximum absolute atomic E-state index is 11.6. The summed E-state index contributed by atoms with van der Waals surface area (Å²) in [6, 6.07) is 5.26. The van der Waals surface area contributed by atoms with Crippen molar-refractivity contribution in [1.29, 1.82) is 0 Å². The van der Waals surface area contributed by atoms with Crippen molar-refractivity contribution in [1.82, 2.24) is 5.48 Å². The minimum absolute atomic E-state index is 0.0831. The summed E-state index contributed by atoms with van der Waals surface area (Å²) in [5.41, 5.74) is 3.82. The average molecular weight is 223 g/mol. The number of benzene rings is 1. The van der Waals surface area contributed by atoms with Gasteiger partial charge in [0.1, 0.15) is 5.75 Å². The van der Waals surface area contributed by atoms with Crippen LogP contribution < -0.4 is 10.2 Å². The third-order valence-corrected chi connectivity index (χ3v) is 2.31. The minimum Gasteiger partial charge on any atom is -0.493 e. The molecule has 0 spiro atoms. The van der Waals surface area contributed by atoms with Gasteiger partial charge in [-0.3, -0.25) is 9.63 Å². The Morgan fingerprint density at radius 1 is 1.56 bits per heavy atom. The van der Waals surface area contributed by atoms with Crippen molar-refractivity contribution >= 4 is 5.91 Å². The number of nitrogens with one attached hydrogen (secondary N) is 1. The molecule has 0 aromatic heterocycles. The van der Waals surface area contributed by atoms with Gasteiger partial charge in [-0.15, -0.1) is 0 Å². The minimum atomic E-state index is -0.317.